The minimum atomic E-state index is -0.589. The first-order valence-corrected chi connectivity index (χ1v) is 6.71. The first kappa shape index (κ1) is 15.5. The van der Waals surface area contributed by atoms with Crippen LogP contribution in [-0.2, 0) is 11.3 Å². The maximum absolute atomic E-state index is 12.0. The molecule has 0 fully saturated rings. The van der Waals surface area contributed by atoms with Crippen molar-refractivity contribution in [3.05, 3.63) is 46.1 Å². The average Bonchev–Trinajstić information content (AvgIpc) is 2.83. The van der Waals surface area contributed by atoms with E-state index in [1.807, 2.05) is 6.92 Å². The summed E-state index contributed by atoms with van der Waals surface area (Å²) in [6.45, 7) is 4.03. The van der Waals surface area contributed by atoms with Gasteiger partial charge in [-0.25, -0.2) is 0 Å². The van der Waals surface area contributed by atoms with E-state index in [9.17, 15) is 14.9 Å². The molecule has 8 heteroatoms. The highest BCUT2D eigenvalue weighted by Gasteiger charge is 2.17. The van der Waals surface area contributed by atoms with Gasteiger partial charge in [-0.15, -0.1) is 0 Å². The molecule has 1 aromatic heterocycles. The summed E-state index contributed by atoms with van der Waals surface area (Å²) >= 11 is 0. The van der Waals surface area contributed by atoms with E-state index in [0.29, 0.717) is 18.0 Å². The van der Waals surface area contributed by atoms with Crippen LogP contribution in [0.25, 0.3) is 0 Å². The smallest absolute Gasteiger partial charge is 0.390 e. The molecule has 0 radical (unpaired) electrons. The first-order valence-electron chi connectivity index (χ1n) is 6.71. The van der Waals surface area contributed by atoms with Crippen molar-refractivity contribution < 1.29 is 14.5 Å². The zero-order chi connectivity index (χ0) is 16.1. The number of carbonyl (C=O) groups excluding carboxylic acids is 1. The summed E-state index contributed by atoms with van der Waals surface area (Å²) in [6.07, 6.45) is 0. The topological polar surface area (TPSA) is 99.3 Å². The summed E-state index contributed by atoms with van der Waals surface area (Å²) in [5.74, 6) is 0.135. The molecular weight excluding hydrogens is 288 g/mol. The van der Waals surface area contributed by atoms with Gasteiger partial charge in [-0.2, -0.15) is 4.68 Å². The van der Waals surface area contributed by atoms with E-state index >= 15 is 0 Å². The number of amides is 1. The highest BCUT2D eigenvalue weighted by molar-refractivity contribution is 5.90. The molecule has 1 amide bonds. The van der Waals surface area contributed by atoms with E-state index in [4.69, 9.17) is 4.74 Å². The normalized spacial score (nSPS) is 10.3. The van der Waals surface area contributed by atoms with Gasteiger partial charge in [-0.3, -0.25) is 4.79 Å². The summed E-state index contributed by atoms with van der Waals surface area (Å²) in [5.41, 5.74) is 1.17. The fourth-order valence-electron chi connectivity index (χ4n) is 1.88. The van der Waals surface area contributed by atoms with E-state index in [1.54, 1.807) is 31.2 Å². The lowest BCUT2D eigenvalue weighted by Crippen LogP contribution is -2.20. The van der Waals surface area contributed by atoms with Crippen molar-refractivity contribution in [1.82, 2.24) is 9.78 Å². The van der Waals surface area contributed by atoms with Crippen molar-refractivity contribution in [3.8, 4) is 5.75 Å². The van der Waals surface area contributed by atoms with Gasteiger partial charge < -0.3 is 20.2 Å². The second kappa shape index (κ2) is 6.70. The zero-order valence-electron chi connectivity index (χ0n) is 12.3. The largest absolute Gasteiger partial charge is 0.494 e. The molecule has 2 aromatic rings. The van der Waals surface area contributed by atoms with Crippen molar-refractivity contribution in [2.75, 3.05) is 11.9 Å². The third kappa shape index (κ3) is 3.81. The molecule has 0 spiro atoms. The van der Waals surface area contributed by atoms with Crippen molar-refractivity contribution in [2.45, 2.75) is 20.4 Å². The molecule has 8 nitrogen and oxygen atoms in total. The van der Waals surface area contributed by atoms with Crippen LogP contribution in [0, 0.1) is 17.0 Å². The second-order valence-electron chi connectivity index (χ2n) is 4.56. The molecule has 0 aliphatic rings. The average molecular weight is 304 g/mol. The number of ether oxygens (including phenoxy) is 1. The number of aromatic nitrogens is 2. The van der Waals surface area contributed by atoms with E-state index in [-0.39, 0.29) is 18.3 Å². The number of hydrogen-bond acceptors (Lipinski definition) is 5. The van der Waals surface area contributed by atoms with Crippen LogP contribution < -0.4 is 10.1 Å². The van der Waals surface area contributed by atoms with E-state index in [0.717, 1.165) is 5.75 Å². The Morgan fingerprint density at radius 1 is 1.41 bits per heavy atom. The van der Waals surface area contributed by atoms with E-state index in [1.165, 1.54) is 10.7 Å². The third-order valence-corrected chi connectivity index (χ3v) is 2.90. The number of carbonyl (C=O) groups is 1. The Bertz CT molecular complexity index is 679. The van der Waals surface area contributed by atoms with Crippen LogP contribution >= 0.6 is 0 Å². The van der Waals surface area contributed by atoms with Gasteiger partial charge in [0.2, 0.25) is 5.91 Å². The number of nitrogens with one attached hydrogen (secondary N) is 1. The van der Waals surface area contributed by atoms with Crippen molar-refractivity contribution in [3.63, 3.8) is 0 Å². The van der Waals surface area contributed by atoms with Gasteiger partial charge in [0, 0.05) is 5.69 Å². The number of anilines is 1. The lowest BCUT2D eigenvalue weighted by molar-refractivity contribution is -0.389. The summed E-state index contributed by atoms with van der Waals surface area (Å²) in [5, 5.41) is 17.1. The Balaban J connectivity index is 1.99. The maximum atomic E-state index is 12.0. The van der Waals surface area contributed by atoms with Gasteiger partial charge in [-0.05, 0) is 43.0 Å². The van der Waals surface area contributed by atoms with Crippen molar-refractivity contribution in [1.29, 1.82) is 0 Å². The minimum absolute atomic E-state index is 0.0904. The fourth-order valence-corrected chi connectivity index (χ4v) is 1.88. The number of nitrogens with zero attached hydrogens (tertiary/aromatic N) is 3. The quantitative estimate of drug-likeness (QED) is 0.651. The Kier molecular flexibility index (Phi) is 4.72. The van der Waals surface area contributed by atoms with Gasteiger partial charge in [0.15, 0.2) is 0 Å². The van der Waals surface area contributed by atoms with E-state index in [2.05, 4.69) is 10.4 Å². The Morgan fingerprint density at radius 3 is 2.64 bits per heavy atom. The lowest BCUT2D eigenvalue weighted by Gasteiger charge is -2.06. The predicted molar refractivity (Wildman–Crippen MR) is 79.9 cm³/mol. The van der Waals surface area contributed by atoms with Crippen LogP contribution in [0.4, 0.5) is 11.5 Å². The minimum Gasteiger partial charge on any atom is -0.494 e. The standard InChI is InChI=1S/C14H16N4O4/c1-3-22-12-6-4-11(5-7-12)15-14(19)9-17-10(2)8-13(16-17)18(20)21/h4-8H,3,9H2,1-2H3,(H,15,19). The maximum Gasteiger partial charge on any atom is 0.390 e. The monoisotopic (exact) mass is 304 g/mol. The first-order chi connectivity index (χ1) is 10.5. The third-order valence-electron chi connectivity index (χ3n) is 2.90. The molecule has 22 heavy (non-hydrogen) atoms. The molecule has 2 rings (SSSR count). The van der Waals surface area contributed by atoms with Crippen molar-refractivity contribution in [2.24, 2.45) is 0 Å². The number of aryl methyl sites for hydroxylation is 1. The van der Waals surface area contributed by atoms with Crippen LogP contribution in [0.5, 0.6) is 5.75 Å². The van der Waals surface area contributed by atoms with Crippen LogP contribution in [0.2, 0.25) is 0 Å². The molecule has 0 bridgehead atoms. The molecule has 0 saturated heterocycles. The summed E-state index contributed by atoms with van der Waals surface area (Å²) in [7, 11) is 0. The highest BCUT2D eigenvalue weighted by Crippen LogP contribution is 2.16. The van der Waals surface area contributed by atoms with Crippen LogP contribution in [0.1, 0.15) is 12.6 Å². The molecule has 0 saturated carbocycles. The molecule has 116 valence electrons. The molecule has 1 N–H and O–H groups in total. The molecule has 1 aromatic carbocycles. The summed E-state index contributed by atoms with van der Waals surface area (Å²) < 4.78 is 6.61. The SMILES string of the molecule is CCOc1ccc(NC(=O)Cn2nc([N+](=O)[O-])cc2C)cc1. The Morgan fingerprint density at radius 2 is 2.09 bits per heavy atom. The zero-order valence-corrected chi connectivity index (χ0v) is 12.3. The molecular formula is C14H16N4O4. The predicted octanol–water partition coefficient (Wildman–Crippen LogP) is 2.14. The molecule has 1 heterocycles. The number of benzene rings is 1. The number of nitro groups is 1. The molecule has 0 unspecified atom stereocenters. The Labute approximate surface area is 126 Å². The molecule has 0 atom stereocenters. The van der Waals surface area contributed by atoms with Gasteiger partial charge >= 0.3 is 5.82 Å². The van der Waals surface area contributed by atoms with Gasteiger partial charge in [0.1, 0.15) is 12.3 Å². The van der Waals surface area contributed by atoms with Crippen LogP contribution in [0.15, 0.2) is 30.3 Å². The van der Waals surface area contributed by atoms with Crippen molar-refractivity contribution >= 4 is 17.4 Å². The van der Waals surface area contributed by atoms with Gasteiger partial charge in [0.25, 0.3) is 0 Å². The van der Waals surface area contributed by atoms with Crippen LogP contribution in [-0.4, -0.2) is 27.2 Å². The Hall–Kier alpha value is -2.90. The van der Waals surface area contributed by atoms with Gasteiger partial charge in [0.05, 0.1) is 23.5 Å². The molecule has 0 aliphatic heterocycles. The van der Waals surface area contributed by atoms with Crippen LogP contribution in [0.3, 0.4) is 0 Å². The van der Waals surface area contributed by atoms with Gasteiger partial charge in [-0.1, -0.05) is 0 Å². The second-order valence-corrected chi connectivity index (χ2v) is 4.56. The highest BCUT2D eigenvalue weighted by atomic mass is 16.6. The summed E-state index contributed by atoms with van der Waals surface area (Å²) in [4.78, 5) is 22.0. The number of rotatable bonds is 6. The van der Waals surface area contributed by atoms with E-state index < -0.39 is 4.92 Å². The summed E-state index contributed by atoms with van der Waals surface area (Å²) in [6, 6.07) is 8.28. The fraction of sp³-hybridized carbons (Fsp3) is 0.286. The lowest BCUT2D eigenvalue weighted by atomic mass is 10.3. The molecule has 0 aliphatic carbocycles. The number of hydrogen-bond donors (Lipinski definition) is 1.